The Balaban J connectivity index is 1.82. The number of aliphatic hydroxyl groups excluding tert-OH is 2. The number of nitro groups is 1. The van der Waals surface area contributed by atoms with E-state index >= 15 is 0 Å². The Bertz CT molecular complexity index is 1700. The molecule has 3 aliphatic carbocycles. The average molecular weight is 592 g/mol. The number of amides is 1. The van der Waals surface area contributed by atoms with Crippen LogP contribution in [0, 0.1) is 22.0 Å². The SMILES string of the molecule is CN(C)C1C(=O)C(C(N)=O)=C(O)C2(O)C(=O)C3=C(O)c4c(O)c(C(C)(C)C)cc(-c5cccc([N+](=O)[O-])c5)c4CC3CC12. The maximum atomic E-state index is 14.2. The van der Waals surface area contributed by atoms with Gasteiger partial charge in [0.05, 0.1) is 16.5 Å². The molecule has 0 heterocycles. The predicted molar refractivity (Wildman–Crippen MR) is 155 cm³/mol. The number of nitrogens with zero attached hydrogens (tertiary/aromatic N) is 2. The Hall–Kier alpha value is -4.55. The van der Waals surface area contributed by atoms with Gasteiger partial charge in [0.2, 0.25) is 5.78 Å². The number of likely N-dealkylation sites (N-methyl/N-ethyl adjacent to an activating group) is 1. The van der Waals surface area contributed by atoms with Crippen LogP contribution in [0.2, 0.25) is 0 Å². The van der Waals surface area contributed by atoms with Gasteiger partial charge in [0.15, 0.2) is 11.4 Å². The molecule has 0 aromatic heterocycles. The molecule has 2 aromatic carbocycles. The van der Waals surface area contributed by atoms with Crippen LogP contribution in [-0.4, -0.2) is 73.5 Å². The number of hydrogen-bond donors (Lipinski definition) is 5. The molecule has 6 N–H and O–H groups in total. The largest absolute Gasteiger partial charge is 0.508 e. The molecule has 5 rings (SSSR count). The van der Waals surface area contributed by atoms with Gasteiger partial charge in [-0.2, -0.15) is 0 Å². The Morgan fingerprint density at radius 2 is 1.79 bits per heavy atom. The standard InChI is InChI=1S/C31H33N3O9/c1-30(2,3)19-12-16(13-7-6-8-15(9-13)34(42)43)17-10-14-11-18-23(33(4)5)26(37)22(29(32)40)28(39)31(18,41)27(38)20(14)25(36)21(17)24(19)35/h6-9,12,14,18,23,35-36,39,41H,10-11H2,1-5H3,(H2,32,40). The van der Waals surface area contributed by atoms with Crippen LogP contribution in [0.5, 0.6) is 5.75 Å². The summed E-state index contributed by atoms with van der Waals surface area (Å²) in [5.41, 5.74) is 2.38. The number of fused-ring (bicyclic) bond motifs is 3. The van der Waals surface area contributed by atoms with Crippen molar-refractivity contribution in [2.24, 2.45) is 17.6 Å². The number of benzene rings is 2. The molecule has 0 radical (unpaired) electrons. The first kappa shape index (κ1) is 29.9. The smallest absolute Gasteiger partial charge is 0.270 e. The van der Waals surface area contributed by atoms with E-state index in [1.807, 2.05) is 20.8 Å². The van der Waals surface area contributed by atoms with Crippen molar-refractivity contribution in [3.8, 4) is 16.9 Å². The van der Waals surface area contributed by atoms with Crippen LogP contribution in [0.15, 0.2) is 47.2 Å². The Labute approximate surface area is 246 Å². The van der Waals surface area contributed by atoms with E-state index in [9.17, 15) is 44.9 Å². The van der Waals surface area contributed by atoms with Crippen LogP contribution in [0.25, 0.3) is 16.9 Å². The van der Waals surface area contributed by atoms with E-state index in [-0.39, 0.29) is 35.4 Å². The normalized spacial score (nSPS) is 25.4. The molecule has 0 bridgehead atoms. The molecule has 43 heavy (non-hydrogen) atoms. The molecule has 1 fully saturated rings. The van der Waals surface area contributed by atoms with Gasteiger partial charge < -0.3 is 26.2 Å². The molecule has 2 aromatic rings. The number of phenols is 1. The van der Waals surface area contributed by atoms with E-state index in [1.165, 1.54) is 37.2 Å². The number of carbonyl (C=O) groups excluding carboxylic acids is 3. The van der Waals surface area contributed by atoms with Crippen LogP contribution in [0.3, 0.4) is 0 Å². The van der Waals surface area contributed by atoms with Crippen molar-refractivity contribution in [3.05, 3.63) is 74.0 Å². The summed E-state index contributed by atoms with van der Waals surface area (Å²) in [6.45, 7) is 5.49. The van der Waals surface area contributed by atoms with Gasteiger partial charge in [-0.25, -0.2) is 0 Å². The fourth-order valence-corrected chi connectivity index (χ4v) is 6.93. The van der Waals surface area contributed by atoms with E-state index in [4.69, 9.17) is 5.73 Å². The van der Waals surface area contributed by atoms with Crippen LogP contribution in [0.4, 0.5) is 5.69 Å². The lowest BCUT2D eigenvalue weighted by atomic mass is 9.57. The predicted octanol–water partition coefficient (Wildman–Crippen LogP) is 2.84. The van der Waals surface area contributed by atoms with E-state index < -0.39 is 68.4 Å². The molecule has 226 valence electrons. The molecule has 0 spiro atoms. The minimum atomic E-state index is -2.75. The first-order valence-corrected chi connectivity index (χ1v) is 13.7. The highest BCUT2D eigenvalue weighted by Crippen LogP contribution is 2.55. The highest BCUT2D eigenvalue weighted by molar-refractivity contribution is 6.24. The van der Waals surface area contributed by atoms with E-state index in [2.05, 4.69) is 0 Å². The molecule has 0 saturated heterocycles. The Morgan fingerprint density at radius 1 is 1.14 bits per heavy atom. The summed E-state index contributed by atoms with van der Waals surface area (Å²) in [6, 6.07) is 6.44. The van der Waals surface area contributed by atoms with Crippen molar-refractivity contribution >= 4 is 28.9 Å². The molecule has 4 unspecified atom stereocenters. The minimum Gasteiger partial charge on any atom is -0.508 e. The number of hydrogen-bond acceptors (Lipinski definition) is 10. The maximum Gasteiger partial charge on any atom is 0.270 e. The molecule has 12 heteroatoms. The van der Waals surface area contributed by atoms with Gasteiger partial charge in [-0.3, -0.25) is 29.4 Å². The number of ketones is 2. The van der Waals surface area contributed by atoms with Crippen molar-refractivity contribution in [2.75, 3.05) is 14.1 Å². The van der Waals surface area contributed by atoms with Gasteiger partial charge in [-0.15, -0.1) is 0 Å². The number of carbonyl (C=O) groups is 3. The maximum absolute atomic E-state index is 14.2. The summed E-state index contributed by atoms with van der Waals surface area (Å²) in [4.78, 5) is 52.1. The summed E-state index contributed by atoms with van der Waals surface area (Å²) in [7, 11) is 3.06. The molecular formula is C31H33N3O9. The molecule has 3 aliphatic rings. The zero-order chi connectivity index (χ0) is 31.9. The number of nitrogens with two attached hydrogens (primary N) is 1. The first-order valence-electron chi connectivity index (χ1n) is 13.7. The Kier molecular flexibility index (Phi) is 6.78. The summed E-state index contributed by atoms with van der Waals surface area (Å²) in [6.07, 6.45) is -0.00747. The van der Waals surface area contributed by atoms with Crippen LogP contribution >= 0.6 is 0 Å². The molecule has 4 atom stereocenters. The van der Waals surface area contributed by atoms with E-state index in [0.29, 0.717) is 22.3 Å². The number of Topliss-reactive ketones (excluding diaryl/α,β-unsaturated/α-hetero) is 2. The first-order chi connectivity index (χ1) is 19.9. The molecular weight excluding hydrogens is 558 g/mol. The van der Waals surface area contributed by atoms with Gasteiger partial charge in [-0.1, -0.05) is 32.9 Å². The summed E-state index contributed by atoms with van der Waals surface area (Å²) in [5.74, 6) is -7.32. The highest BCUT2D eigenvalue weighted by atomic mass is 16.6. The van der Waals surface area contributed by atoms with Crippen LogP contribution < -0.4 is 5.73 Å². The van der Waals surface area contributed by atoms with Crippen LogP contribution in [0.1, 0.15) is 43.9 Å². The number of nitro benzene ring substituents is 1. The topological polar surface area (TPSA) is 205 Å². The molecule has 1 amide bonds. The lowest BCUT2D eigenvalue weighted by Crippen LogP contribution is -2.65. The molecule has 0 aliphatic heterocycles. The van der Waals surface area contributed by atoms with Crippen molar-refractivity contribution in [3.63, 3.8) is 0 Å². The van der Waals surface area contributed by atoms with Crippen molar-refractivity contribution in [1.82, 2.24) is 4.90 Å². The fourth-order valence-electron chi connectivity index (χ4n) is 6.93. The van der Waals surface area contributed by atoms with Gasteiger partial charge in [0.1, 0.15) is 22.8 Å². The highest BCUT2D eigenvalue weighted by Gasteiger charge is 2.64. The Morgan fingerprint density at radius 3 is 2.35 bits per heavy atom. The lowest BCUT2D eigenvalue weighted by Gasteiger charge is -2.50. The second-order valence-electron chi connectivity index (χ2n) is 12.7. The van der Waals surface area contributed by atoms with E-state index in [1.54, 1.807) is 12.1 Å². The fraction of sp³-hybridized carbons (Fsp3) is 0.387. The zero-order valence-electron chi connectivity index (χ0n) is 24.3. The van der Waals surface area contributed by atoms with Crippen molar-refractivity contribution in [1.29, 1.82) is 0 Å². The minimum absolute atomic E-state index is 0.0601. The quantitative estimate of drug-likeness (QED) is 0.200. The third kappa shape index (κ3) is 4.23. The van der Waals surface area contributed by atoms with Crippen molar-refractivity contribution < 1.29 is 39.7 Å². The van der Waals surface area contributed by atoms with Gasteiger partial charge >= 0.3 is 0 Å². The van der Waals surface area contributed by atoms with Crippen LogP contribution in [-0.2, 0) is 26.2 Å². The second kappa shape index (κ2) is 9.75. The lowest BCUT2D eigenvalue weighted by molar-refractivity contribution is -0.384. The van der Waals surface area contributed by atoms with Gasteiger partial charge in [0.25, 0.3) is 11.6 Å². The van der Waals surface area contributed by atoms with E-state index in [0.717, 1.165) is 0 Å². The van der Waals surface area contributed by atoms with Gasteiger partial charge in [-0.05, 0) is 61.0 Å². The van der Waals surface area contributed by atoms with Gasteiger partial charge in [0, 0.05) is 29.2 Å². The molecule has 1 saturated carbocycles. The number of phenolic OH excluding ortho intramolecular Hbond substituents is 1. The number of non-ortho nitro benzene ring substituents is 1. The third-order valence-corrected chi connectivity index (χ3v) is 8.90. The number of aromatic hydroxyl groups is 1. The summed E-state index contributed by atoms with van der Waals surface area (Å²) >= 11 is 0. The summed E-state index contributed by atoms with van der Waals surface area (Å²) in [5, 5.41) is 57.7. The third-order valence-electron chi connectivity index (χ3n) is 8.90. The monoisotopic (exact) mass is 591 g/mol. The number of aliphatic hydroxyl groups is 3. The zero-order valence-corrected chi connectivity index (χ0v) is 24.3. The number of rotatable bonds is 4. The van der Waals surface area contributed by atoms with Crippen molar-refractivity contribution in [2.45, 2.75) is 50.7 Å². The number of primary amides is 1. The molecule has 12 nitrogen and oxygen atoms in total. The summed E-state index contributed by atoms with van der Waals surface area (Å²) < 4.78 is 0. The average Bonchev–Trinajstić information content (AvgIpc) is 2.89. The second-order valence-corrected chi connectivity index (χ2v) is 12.7.